The minimum absolute atomic E-state index is 0.0107. The SMILES string of the molecule is CCCCCOc1ccc(C2C(C(=O)/C=C/c3ccccc3)=C(O)C(=O)N2c2nc3c(C)cc(C)cc3s2)cc1OCC. The molecule has 1 unspecified atom stereocenters. The summed E-state index contributed by atoms with van der Waals surface area (Å²) >= 11 is 1.36. The summed E-state index contributed by atoms with van der Waals surface area (Å²) in [6.45, 7) is 8.99. The van der Waals surface area contributed by atoms with E-state index in [1.807, 2.05) is 69.3 Å². The number of rotatable bonds is 12. The van der Waals surface area contributed by atoms with Crippen LogP contribution in [0.4, 0.5) is 5.13 Å². The molecule has 7 nitrogen and oxygen atoms in total. The number of allylic oxidation sites excluding steroid dienone is 1. The molecular weight excluding hydrogens is 560 g/mol. The van der Waals surface area contributed by atoms with Gasteiger partial charge in [-0.3, -0.25) is 14.5 Å². The number of carbonyl (C=O) groups excluding carboxylic acids is 2. The van der Waals surface area contributed by atoms with Crippen LogP contribution in [0, 0.1) is 13.8 Å². The number of anilines is 1. The molecule has 222 valence electrons. The van der Waals surface area contributed by atoms with Crippen LogP contribution >= 0.6 is 11.3 Å². The summed E-state index contributed by atoms with van der Waals surface area (Å²) in [5, 5.41) is 11.6. The van der Waals surface area contributed by atoms with Crippen LogP contribution < -0.4 is 14.4 Å². The number of aromatic nitrogens is 1. The molecule has 3 aromatic carbocycles. The van der Waals surface area contributed by atoms with Gasteiger partial charge < -0.3 is 14.6 Å². The Hall–Kier alpha value is -4.43. The third-order valence-electron chi connectivity index (χ3n) is 7.31. The molecule has 1 aliphatic heterocycles. The summed E-state index contributed by atoms with van der Waals surface area (Å²) in [5.41, 5.74) is 4.28. The second-order valence-electron chi connectivity index (χ2n) is 10.6. The molecule has 0 saturated heterocycles. The van der Waals surface area contributed by atoms with E-state index in [1.165, 1.54) is 22.3 Å². The minimum atomic E-state index is -0.921. The number of fused-ring (bicyclic) bond motifs is 1. The maximum Gasteiger partial charge on any atom is 0.296 e. The summed E-state index contributed by atoms with van der Waals surface area (Å²) in [7, 11) is 0. The summed E-state index contributed by atoms with van der Waals surface area (Å²) < 4.78 is 12.9. The first-order valence-electron chi connectivity index (χ1n) is 14.6. The number of hydrogen-bond donors (Lipinski definition) is 1. The highest BCUT2D eigenvalue weighted by molar-refractivity contribution is 7.22. The normalized spacial score (nSPS) is 15.2. The van der Waals surface area contributed by atoms with Gasteiger partial charge in [-0.1, -0.05) is 79.6 Å². The van der Waals surface area contributed by atoms with E-state index in [0.29, 0.717) is 35.4 Å². The number of amides is 1. The molecule has 5 rings (SSSR count). The second-order valence-corrected chi connectivity index (χ2v) is 11.6. The van der Waals surface area contributed by atoms with Gasteiger partial charge in [0.15, 0.2) is 28.2 Å². The van der Waals surface area contributed by atoms with Crippen LogP contribution in [0.15, 0.2) is 78.1 Å². The van der Waals surface area contributed by atoms with Crippen LogP contribution in [0.25, 0.3) is 16.3 Å². The highest BCUT2D eigenvalue weighted by Crippen LogP contribution is 2.45. The second kappa shape index (κ2) is 13.3. The number of aliphatic hydroxyl groups excluding tert-OH is 1. The van der Waals surface area contributed by atoms with E-state index in [-0.39, 0.29) is 5.57 Å². The smallest absolute Gasteiger partial charge is 0.296 e. The van der Waals surface area contributed by atoms with Crippen molar-refractivity contribution in [3.63, 3.8) is 0 Å². The van der Waals surface area contributed by atoms with Gasteiger partial charge in [-0.25, -0.2) is 4.98 Å². The lowest BCUT2D eigenvalue weighted by Gasteiger charge is -2.25. The molecule has 1 aliphatic rings. The molecule has 43 heavy (non-hydrogen) atoms. The quantitative estimate of drug-likeness (QED) is 0.131. The Kier molecular flexibility index (Phi) is 9.26. The van der Waals surface area contributed by atoms with Crippen molar-refractivity contribution in [2.75, 3.05) is 18.1 Å². The van der Waals surface area contributed by atoms with Crippen LogP contribution in [0.5, 0.6) is 11.5 Å². The highest BCUT2D eigenvalue weighted by atomic mass is 32.1. The zero-order valence-corrected chi connectivity index (χ0v) is 25.7. The number of ether oxygens (including phenoxy) is 2. The van der Waals surface area contributed by atoms with E-state index >= 15 is 0 Å². The van der Waals surface area contributed by atoms with E-state index in [4.69, 9.17) is 14.5 Å². The number of aryl methyl sites for hydroxylation is 2. The van der Waals surface area contributed by atoms with Crippen molar-refractivity contribution in [1.29, 1.82) is 0 Å². The number of benzene rings is 3. The highest BCUT2D eigenvalue weighted by Gasteiger charge is 2.45. The monoisotopic (exact) mass is 596 g/mol. The number of hydrogen-bond acceptors (Lipinski definition) is 7. The van der Waals surface area contributed by atoms with Crippen molar-refractivity contribution in [3.05, 3.63) is 100 Å². The van der Waals surface area contributed by atoms with Crippen LogP contribution in [-0.4, -0.2) is 35.0 Å². The molecule has 1 N–H and O–H groups in total. The molecule has 0 bridgehead atoms. The lowest BCUT2D eigenvalue weighted by Crippen LogP contribution is -2.30. The van der Waals surface area contributed by atoms with Crippen molar-refractivity contribution >= 4 is 44.5 Å². The van der Waals surface area contributed by atoms with Crippen molar-refractivity contribution in [2.24, 2.45) is 0 Å². The van der Waals surface area contributed by atoms with Crippen LogP contribution in [0.3, 0.4) is 0 Å². The predicted molar refractivity (Wildman–Crippen MR) is 172 cm³/mol. The summed E-state index contributed by atoms with van der Waals surface area (Å²) in [6.07, 6.45) is 6.14. The first-order valence-corrected chi connectivity index (χ1v) is 15.5. The summed E-state index contributed by atoms with van der Waals surface area (Å²) in [6, 6.07) is 18.0. The van der Waals surface area contributed by atoms with Crippen molar-refractivity contribution < 1.29 is 24.2 Å². The Labute approximate surface area is 256 Å². The molecule has 1 atom stereocenters. The lowest BCUT2D eigenvalue weighted by atomic mass is 9.95. The molecule has 0 fully saturated rings. The Bertz CT molecular complexity index is 1710. The third-order valence-corrected chi connectivity index (χ3v) is 8.32. The number of carbonyl (C=O) groups is 2. The minimum Gasteiger partial charge on any atom is -0.503 e. The molecular formula is C35H36N2O5S. The zero-order valence-electron chi connectivity index (χ0n) is 24.9. The molecule has 1 amide bonds. The summed E-state index contributed by atoms with van der Waals surface area (Å²) in [4.78, 5) is 33.7. The number of unbranched alkanes of at least 4 members (excludes halogenated alkanes) is 2. The average Bonchev–Trinajstić information content (AvgIpc) is 3.53. The van der Waals surface area contributed by atoms with Crippen molar-refractivity contribution in [2.45, 2.75) is 53.0 Å². The maximum atomic E-state index is 13.7. The number of aliphatic hydroxyl groups is 1. The van der Waals surface area contributed by atoms with Crippen LogP contribution in [0.1, 0.15) is 61.4 Å². The molecule has 8 heteroatoms. The number of nitrogens with zero attached hydrogens (tertiary/aromatic N) is 2. The van der Waals surface area contributed by atoms with Gasteiger partial charge in [-0.15, -0.1) is 0 Å². The fraction of sp³-hybridized carbons (Fsp3) is 0.286. The first kappa shape index (κ1) is 30.0. The fourth-order valence-electron chi connectivity index (χ4n) is 5.27. The van der Waals surface area contributed by atoms with Crippen LogP contribution in [-0.2, 0) is 9.59 Å². The van der Waals surface area contributed by atoms with Crippen molar-refractivity contribution in [3.8, 4) is 11.5 Å². The molecule has 0 radical (unpaired) electrons. The topological polar surface area (TPSA) is 89.0 Å². The van der Waals surface area contributed by atoms with Gasteiger partial charge in [0.25, 0.3) is 5.91 Å². The van der Waals surface area contributed by atoms with E-state index < -0.39 is 23.5 Å². The predicted octanol–water partition coefficient (Wildman–Crippen LogP) is 8.06. The van der Waals surface area contributed by atoms with E-state index in [0.717, 1.165) is 46.2 Å². The Morgan fingerprint density at radius 1 is 1.02 bits per heavy atom. The Morgan fingerprint density at radius 2 is 1.81 bits per heavy atom. The van der Waals surface area contributed by atoms with Crippen LogP contribution in [0.2, 0.25) is 0 Å². The lowest BCUT2D eigenvalue weighted by molar-refractivity contribution is -0.117. The molecule has 1 aromatic heterocycles. The Morgan fingerprint density at radius 3 is 2.56 bits per heavy atom. The zero-order chi connectivity index (χ0) is 30.5. The largest absolute Gasteiger partial charge is 0.503 e. The standard InChI is InChI=1S/C35H36N2O5S/c1-5-7-11-18-42-27-17-15-25(21-28(27)41-6-2)32-30(26(38)16-14-24-12-9-8-10-13-24)33(39)34(40)37(32)35-36-31-23(4)19-22(3)20-29(31)43-35/h8-10,12-17,19-21,32,39H,5-7,11,18H2,1-4H3/b16-14+. The van der Waals surface area contributed by atoms with E-state index in [9.17, 15) is 14.7 Å². The Balaban J connectivity index is 1.60. The fourth-order valence-corrected chi connectivity index (χ4v) is 6.44. The number of thiazole rings is 1. The van der Waals surface area contributed by atoms with E-state index in [2.05, 4.69) is 6.92 Å². The van der Waals surface area contributed by atoms with Crippen molar-refractivity contribution in [1.82, 2.24) is 4.98 Å². The molecule has 2 heterocycles. The van der Waals surface area contributed by atoms with Gasteiger partial charge in [0.05, 0.1) is 35.0 Å². The maximum absolute atomic E-state index is 13.7. The van der Waals surface area contributed by atoms with Gasteiger partial charge in [-0.05, 0) is 73.7 Å². The third kappa shape index (κ3) is 6.34. The molecule has 4 aromatic rings. The van der Waals surface area contributed by atoms with Gasteiger partial charge >= 0.3 is 0 Å². The van der Waals surface area contributed by atoms with E-state index in [1.54, 1.807) is 18.2 Å². The first-order chi connectivity index (χ1) is 20.8. The van der Waals surface area contributed by atoms with Gasteiger partial charge in [0, 0.05) is 0 Å². The average molecular weight is 597 g/mol. The molecule has 0 aliphatic carbocycles. The molecule has 0 saturated carbocycles. The summed E-state index contributed by atoms with van der Waals surface area (Å²) in [5.74, 6) is -0.620. The molecule has 0 spiro atoms. The van der Waals surface area contributed by atoms with Gasteiger partial charge in [0.2, 0.25) is 0 Å². The van der Waals surface area contributed by atoms with Gasteiger partial charge in [0.1, 0.15) is 0 Å². The van der Waals surface area contributed by atoms with Gasteiger partial charge in [-0.2, -0.15) is 0 Å². The number of ketones is 1.